The van der Waals surface area contributed by atoms with E-state index in [9.17, 15) is 0 Å². The fraction of sp³-hybridized carbons (Fsp3) is 0.727. The summed E-state index contributed by atoms with van der Waals surface area (Å²) in [4.78, 5) is 6.03. The summed E-state index contributed by atoms with van der Waals surface area (Å²) >= 11 is 3.92. The van der Waals surface area contributed by atoms with Crippen LogP contribution in [0.1, 0.15) is 28.0 Å². The summed E-state index contributed by atoms with van der Waals surface area (Å²) < 4.78 is 0. The first-order chi connectivity index (χ1) is 7.22. The van der Waals surface area contributed by atoms with Crippen LogP contribution in [0.4, 0.5) is 0 Å². The molecule has 1 N–H and O–H groups in total. The Morgan fingerprint density at radius 2 is 2.27 bits per heavy atom. The van der Waals surface area contributed by atoms with Gasteiger partial charge in [0.15, 0.2) is 0 Å². The van der Waals surface area contributed by atoms with E-state index in [2.05, 4.69) is 43.0 Å². The monoisotopic (exact) mass is 242 g/mol. The molecule has 0 saturated carbocycles. The molecule has 2 rings (SSSR count). The summed E-state index contributed by atoms with van der Waals surface area (Å²) in [5, 5.41) is 4.71. The van der Waals surface area contributed by atoms with Crippen LogP contribution in [-0.2, 0) is 0 Å². The van der Waals surface area contributed by atoms with Crippen LogP contribution in [-0.4, -0.2) is 23.5 Å². The van der Waals surface area contributed by atoms with Gasteiger partial charge in [0, 0.05) is 4.88 Å². The highest BCUT2D eigenvalue weighted by atomic mass is 32.2. The topological polar surface area (TPSA) is 24.9 Å². The average molecular weight is 242 g/mol. The molecule has 0 aliphatic carbocycles. The maximum atomic E-state index is 4.67. The molecule has 2 atom stereocenters. The molecule has 0 radical (unpaired) electrons. The second kappa shape index (κ2) is 4.85. The third-order valence-corrected chi connectivity index (χ3v) is 5.40. The van der Waals surface area contributed by atoms with E-state index in [1.54, 1.807) is 0 Å². The van der Waals surface area contributed by atoms with E-state index in [1.807, 2.05) is 11.3 Å². The van der Waals surface area contributed by atoms with Crippen LogP contribution < -0.4 is 5.32 Å². The molecule has 15 heavy (non-hydrogen) atoms. The van der Waals surface area contributed by atoms with Crippen molar-refractivity contribution < 1.29 is 0 Å². The van der Waals surface area contributed by atoms with Gasteiger partial charge >= 0.3 is 0 Å². The minimum absolute atomic E-state index is 0.470. The van der Waals surface area contributed by atoms with Gasteiger partial charge in [0.25, 0.3) is 0 Å². The largest absolute Gasteiger partial charge is 0.311 e. The summed E-state index contributed by atoms with van der Waals surface area (Å²) in [5.41, 5.74) is 1.20. The van der Waals surface area contributed by atoms with Gasteiger partial charge in [-0.3, -0.25) is 0 Å². The summed E-state index contributed by atoms with van der Waals surface area (Å²) in [5.74, 6) is 3.36. The Morgan fingerprint density at radius 3 is 2.73 bits per heavy atom. The summed E-state index contributed by atoms with van der Waals surface area (Å²) in [6, 6.07) is 0.470. The highest BCUT2D eigenvalue weighted by Gasteiger charge is 2.27. The van der Waals surface area contributed by atoms with E-state index in [4.69, 9.17) is 0 Å². The number of hydrogen-bond donors (Lipinski definition) is 1. The number of thioether (sulfide) groups is 1. The SMILES string of the molecule is CNC(c1nc(C)c(C)s1)C1CCSC1. The van der Waals surface area contributed by atoms with Crippen molar-refractivity contribution in [1.82, 2.24) is 10.3 Å². The van der Waals surface area contributed by atoms with Crippen molar-refractivity contribution in [3.8, 4) is 0 Å². The molecule has 1 saturated heterocycles. The van der Waals surface area contributed by atoms with E-state index < -0.39 is 0 Å². The molecular weight excluding hydrogens is 224 g/mol. The molecule has 2 heterocycles. The molecule has 1 aliphatic rings. The maximum Gasteiger partial charge on any atom is 0.110 e. The Kier molecular flexibility index (Phi) is 3.69. The normalized spacial score (nSPS) is 23.3. The van der Waals surface area contributed by atoms with Crippen molar-refractivity contribution in [1.29, 1.82) is 0 Å². The fourth-order valence-electron chi connectivity index (χ4n) is 2.01. The van der Waals surface area contributed by atoms with Crippen LogP contribution in [0.15, 0.2) is 0 Å². The van der Waals surface area contributed by atoms with Crippen molar-refractivity contribution >= 4 is 23.1 Å². The van der Waals surface area contributed by atoms with Crippen LogP contribution in [0, 0.1) is 19.8 Å². The molecule has 84 valence electrons. The standard InChI is InChI=1S/C11H18N2S2/c1-7-8(2)15-11(13-7)10(12-3)9-4-5-14-6-9/h9-10,12H,4-6H2,1-3H3. The van der Waals surface area contributed by atoms with Crippen LogP contribution in [0.5, 0.6) is 0 Å². The molecular formula is C11H18N2S2. The van der Waals surface area contributed by atoms with Gasteiger partial charge in [-0.25, -0.2) is 4.98 Å². The number of hydrogen-bond acceptors (Lipinski definition) is 4. The minimum atomic E-state index is 0.470. The number of aromatic nitrogens is 1. The summed E-state index contributed by atoms with van der Waals surface area (Å²) in [7, 11) is 2.06. The second-order valence-electron chi connectivity index (χ2n) is 4.08. The summed E-state index contributed by atoms with van der Waals surface area (Å²) in [6.45, 7) is 4.26. The third kappa shape index (κ3) is 2.37. The third-order valence-electron chi connectivity index (χ3n) is 3.06. The first kappa shape index (κ1) is 11.4. The minimum Gasteiger partial charge on any atom is -0.311 e. The molecule has 0 aromatic carbocycles. The van der Waals surface area contributed by atoms with E-state index >= 15 is 0 Å². The zero-order valence-electron chi connectivity index (χ0n) is 9.54. The molecule has 0 bridgehead atoms. The van der Waals surface area contributed by atoms with Crippen molar-refractivity contribution in [2.24, 2.45) is 5.92 Å². The lowest BCUT2D eigenvalue weighted by Crippen LogP contribution is -2.25. The highest BCUT2D eigenvalue weighted by Crippen LogP contribution is 2.35. The Bertz CT molecular complexity index is 310. The van der Waals surface area contributed by atoms with Crippen LogP contribution in [0.25, 0.3) is 0 Å². The number of aryl methyl sites for hydroxylation is 2. The van der Waals surface area contributed by atoms with Gasteiger partial charge in [-0.1, -0.05) is 0 Å². The smallest absolute Gasteiger partial charge is 0.110 e. The Balaban J connectivity index is 2.18. The van der Waals surface area contributed by atoms with Crippen LogP contribution in [0.2, 0.25) is 0 Å². The predicted octanol–water partition coefficient (Wildman–Crippen LogP) is 2.77. The van der Waals surface area contributed by atoms with Crippen molar-refractivity contribution in [3.63, 3.8) is 0 Å². The number of rotatable bonds is 3. The summed E-state index contributed by atoms with van der Waals surface area (Å²) in [6.07, 6.45) is 1.33. The van der Waals surface area contributed by atoms with Gasteiger partial charge in [0.1, 0.15) is 5.01 Å². The Hall–Kier alpha value is -0.0600. The lowest BCUT2D eigenvalue weighted by atomic mass is 10.00. The molecule has 1 fully saturated rings. The van der Waals surface area contributed by atoms with Crippen molar-refractivity contribution in [2.75, 3.05) is 18.6 Å². The van der Waals surface area contributed by atoms with Crippen LogP contribution in [0.3, 0.4) is 0 Å². The first-order valence-corrected chi connectivity index (χ1v) is 7.38. The average Bonchev–Trinajstić information content (AvgIpc) is 2.80. The van der Waals surface area contributed by atoms with Crippen LogP contribution >= 0.6 is 23.1 Å². The maximum absolute atomic E-state index is 4.67. The zero-order valence-corrected chi connectivity index (χ0v) is 11.2. The zero-order chi connectivity index (χ0) is 10.8. The van der Waals surface area contributed by atoms with E-state index in [-0.39, 0.29) is 0 Å². The van der Waals surface area contributed by atoms with Crippen molar-refractivity contribution in [3.05, 3.63) is 15.6 Å². The molecule has 0 amide bonds. The van der Waals surface area contributed by atoms with Gasteiger partial charge in [0.2, 0.25) is 0 Å². The first-order valence-electron chi connectivity index (χ1n) is 5.41. The van der Waals surface area contributed by atoms with E-state index in [0.29, 0.717) is 6.04 Å². The van der Waals surface area contributed by atoms with E-state index in [1.165, 1.54) is 33.5 Å². The Labute approximate surface area is 99.9 Å². The molecule has 1 aliphatic heterocycles. The predicted molar refractivity (Wildman–Crippen MR) is 68.8 cm³/mol. The number of nitrogens with zero attached hydrogens (tertiary/aromatic N) is 1. The molecule has 1 aromatic heterocycles. The van der Waals surface area contributed by atoms with Gasteiger partial charge < -0.3 is 5.32 Å². The van der Waals surface area contributed by atoms with Crippen molar-refractivity contribution in [2.45, 2.75) is 26.3 Å². The quantitative estimate of drug-likeness (QED) is 0.882. The highest BCUT2D eigenvalue weighted by molar-refractivity contribution is 7.99. The molecule has 0 spiro atoms. The second-order valence-corrected chi connectivity index (χ2v) is 6.47. The van der Waals surface area contributed by atoms with Gasteiger partial charge in [-0.15, -0.1) is 11.3 Å². The molecule has 4 heteroatoms. The lowest BCUT2D eigenvalue weighted by Gasteiger charge is -2.19. The number of thiazole rings is 1. The lowest BCUT2D eigenvalue weighted by molar-refractivity contribution is 0.418. The molecule has 2 unspecified atom stereocenters. The van der Waals surface area contributed by atoms with Gasteiger partial charge in [0.05, 0.1) is 11.7 Å². The van der Waals surface area contributed by atoms with E-state index in [0.717, 1.165) is 5.92 Å². The van der Waals surface area contributed by atoms with Gasteiger partial charge in [-0.05, 0) is 44.7 Å². The van der Waals surface area contributed by atoms with Gasteiger partial charge in [-0.2, -0.15) is 11.8 Å². The fourth-order valence-corrected chi connectivity index (χ4v) is 4.43. The number of nitrogens with one attached hydrogen (secondary N) is 1. The Morgan fingerprint density at radius 1 is 1.47 bits per heavy atom. The molecule has 2 nitrogen and oxygen atoms in total. The molecule has 1 aromatic rings.